The molecule has 49 heteroatoms. The van der Waals surface area contributed by atoms with E-state index < -0.39 is 212 Å². The summed E-state index contributed by atoms with van der Waals surface area (Å²) < 4.78 is 0. The first-order chi connectivity index (χ1) is 52.5. The zero-order valence-corrected chi connectivity index (χ0v) is 59.3. The number of anilines is 4. The van der Waals surface area contributed by atoms with Crippen LogP contribution in [-0.4, -0.2) is 237 Å². The van der Waals surface area contributed by atoms with Gasteiger partial charge in [-0.2, -0.15) is 9.97 Å². The van der Waals surface area contributed by atoms with Gasteiger partial charge in [0.2, 0.25) is 47.3 Å². The third kappa shape index (κ3) is 28.1. The smallest absolute Gasteiger partial charge is 0.327 e. The highest BCUT2D eigenvalue weighted by Crippen LogP contribution is 2.24. The summed E-state index contributed by atoms with van der Waals surface area (Å²) in [4.78, 5) is 235. The van der Waals surface area contributed by atoms with E-state index in [0.29, 0.717) is 44.4 Å². The summed E-state index contributed by atoms with van der Waals surface area (Å²) in [5.41, 5.74) is 17.8. The summed E-state index contributed by atoms with van der Waals surface area (Å²) in [6.07, 6.45) is -4.27. The van der Waals surface area contributed by atoms with Crippen molar-refractivity contribution in [1.29, 1.82) is 10.8 Å². The van der Waals surface area contributed by atoms with Gasteiger partial charge in [0.25, 0.3) is 17.4 Å². The molecule has 4 heterocycles. The molecular weight excluding hydrogens is 1510 g/mol. The molecule has 6 aromatic rings. The van der Waals surface area contributed by atoms with Crippen LogP contribution in [0.1, 0.15) is 89.9 Å². The highest BCUT2D eigenvalue weighted by atomic mass is 33.1. The number of amides is 8. The zero-order chi connectivity index (χ0) is 81.8. The largest absolute Gasteiger partial charge is 0.481 e. The fourth-order valence-corrected chi connectivity index (χ4v) is 12.0. The fraction of sp³-hybridized carbons (Fsp3) is 0.355. The Balaban J connectivity index is 0.996. The van der Waals surface area contributed by atoms with Crippen LogP contribution in [0.5, 0.6) is 0 Å². The number of fused-ring (bicyclic) bond motifs is 2. The maximum Gasteiger partial charge on any atom is 0.327 e. The number of aliphatic carboxylic acids is 7. The number of nitrogens with zero attached hydrogens (tertiary/aromatic N) is 6. The molecule has 0 saturated heterocycles. The van der Waals surface area contributed by atoms with Crippen molar-refractivity contribution in [3.8, 4) is 0 Å². The van der Waals surface area contributed by atoms with Gasteiger partial charge in [-0.15, -0.1) is 0 Å². The molecule has 0 radical (unpaired) electrons. The second-order valence-corrected chi connectivity index (χ2v) is 26.2. The van der Waals surface area contributed by atoms with Gasteiger partial charge in [-0.1, -0.05) is 21.6 Å². The van der Waals surface area contributed by atoms with Crippen molar-refractivity contribution in [2.75, 3.05) is 40.2 Å². The number of carbonyl (C=O) groups is 15. The number of benzene rings is 2. The number of hydrogen-bond acceptors (Lipinski definition) is 30. The summed E-state index contributed by atoms with van der Waals surface area (Å²) in [5.74, 6) is -23.4. The van der Waals surface area contributed by atoms with Crippen LogP contribution in [0.15, 0.2) is 65.7 Å². The Morgan fingerprint density at radius 3 is 1.25 bits per heavy atom. The van der Waals surface area contributed by atoms with Crippen molar-refractivity contribution in [3.63, 3.8) is 0 Å². The average molecular weight is 1590 g/mol. The molecule has 0 aliphatic rings. The van der Waals surface area contributed by atoms with Crippen LogP contribution < -0.4 is 86.7 Å². The van der Waals surface area contributed by atoms with Gasteiger partial charge in [0.15, 0.2) is 33.8 Å². The van der Waals surface area contributed by atoms with Gasteiger partial charge in [-0.25, -0.2) is 39.1 Å². The van der Waals surface area contributed by atoms with Crippen LogP contribution in [0.2, 0.25) is 0 Å². The number of nitrogen functional groups attached to an aromatic ring is 2. The number of aromatic amines is 2. The first-order valence-electron chi connectivity index (χ1n) is 32.6. The van der Waals surface area contributed by atoms with Gasteiger partial charge >= 0.3 is 41.8 Å². The molecule has 4 aromatic heterocycles. The molecule has 8 amide bonds. The highest BCUT2D eigenvalue weighted by molar-refractivity contribution is 8.76. The minimum absolute atomic E-state index is 0.0174. The second kappa shape index (κ2) is 41.3. The number of nitrogens with one attached hydrogen (secondary N) is 15. The van der Waals surface area contributed by atoms with E-state index in [-0.39, 0.29) is 76.9 Å². The molecule has 2 aromatic carbocycles. The van der Waals surface area contributed by atoms with Crippen molar-refractivity contribution >= 4 is 162 Å². The minimum atomic E-state index is -2.26. The van der Waals surface area contributed by atoms with E-state index in [1.54, 1.807) is 0 Å². The highest BCUT2D eigenvalue weighted by Gasteiger charge is 2.36. The number of carbonyl (C=O) groups excluding carboxylic acids is 8. The molecule has 592 valence electrons. The molecule has 0 bridgehead atoms. The maximum absolute atomic E-state index is 14.0. The molecule has 0 saturated carbocycles. The summed E-state index contributed by atoms with van der Waals surface area (Å²) in [7, 11) is 1.28. The Bertz CT molecular complexity index is 4650. The topological polar surface area (TPSA) is 782 Å². The first-order valence-corrected chi connectivity index (χ1v) is 35.1. The van der Waals surface area contributed by atoms with Crippen LogP contribution in [0.4, 0.5) is 23.3 Å². The van der Waals surface area contributed by atoms with E-state index >= 15 is 0 Å². The van der Waals surface area contributed by atoms with E-state index in [9.17, 15) is 112 Å². The van der Waals surface area contributed by atoms with E-state index in [2.05, 4.69) is 82.4 Å². The Kier molecular flexibility index (Phi) is 32.0. The van der Waals surface area contributed by atoms with Crippen molar-refractivity contribution in [2.24, 2.45) is 5.73 Å². The molecule has 111 heavy (non-hydrogen) atoms. The predicted molar refractivity (Wildman–Crippen MR) is 386 cm³/mol. The number of guanidine groups is 1. The molecule has 0 aliphatic carbocycles. The number of H-pyrrole nitrogens is 2. The van der Waals surface area contributed by atoms with Crippen LogP contribution in [0, 0.1) is 10.8 Å². The van der Waals surface area contributed by atoms with Gasteiger partial charge in [-0.05, 0) is 74.2 Å². The lowest BCUT2D eigenvalue weighted by atomic mass is 10.1. The number of nitrogens with two attached hydrogens (primary N) is 3. The Morgan fingerprint density at radius 2 is 0.829 bits per heavy atom. The van der Waals surface area contributed by atoms with E-state index in [0.717, 1.165) is 0 Å². The van der Waals surface area contributed by atoms with E-state index in [1.807, 2.05) is 16.0 Å². The number of rotatable bonds is 45. The maximum atomic E-state index is 14.0. The monoisotopic (exact) mass is 1590 g/mol. The molecule has 47 nitrogen and oxygen atoms in total. The molecule has 28 N–H and O–H groups in total. The molecule has 0 unspecified atom stereocenters. The van der Waals surface area contributed by atoms with E-state index in [4.69, 9.17) is 28.0 Å². The van der Waals surface area contributed by atoms with Crippen molar-refractivity contribution in [1.82, 2.24) is 87.7 Å². The first kappa shape index (κ1) is 86.0. The normalized spacial score (nSPS) is 13.1. The van der Waals surface area contributed by atoms with Crippen molar-refractivity contribution in [2.45, 2.75) is 119 Å². The summed E-state index contributed by atoms with van der Waals surface area (Å²) in [6.45, 7) is 0.00491. The fourth-order valence-electron chi connectivity index (χ4n) is 9.71. The summed E-state index contributed by atoms with van der Waals surface area (Å²) in [6, 6.07) is -4.16. The molecule has 0 fully saturated rings. The van der Waals surface area contributed by atoms with Crippen molar-refractivity contribution < 1.29 is 108 Å². The minimum Gasteiger partial charge on any atom is -0.481 e. The molecule has 0 spiro atoms. The summed E-state index contributed by atoms with van der Waals surface area (Å²) in [5, 5.41) is 110. The zero-order valence-electron chi connectivity index (χ0n) is 57.7. The lowest BCUT2D eigenvalue weighted by Gasteiger charge is -2.26. The summed E-state index contributed by atoms with van der Waals surface area (Å²) >= 11 is 0. The molecule has 0 aliphatic heterocycles. The molecule has 8 atom stereocenters. The van der Waals surface area contributed by atoms with Gasteiger partial charge in [0, 0.05) is 53.4 Å². The van der Waals surface area contributed by atoms with Gasteiger partial charge in [0.05, 0.1) is 56.1 Å². The number of hydrogen-bond donors (Lipinski definition) is 25. The third-order valence-electron chi connectivity index (χ3n) is 15.2. The quantitative estimate of drug-likeness (QED) is 0.00737. The SMILES string of the molecule is N=C(N)NCCC[C@H](NC(=O)[C@H](CC(=O)O)NC(=O)CC[C@H](NC(=O)c1ccc(NCc2cnc3nc(N)[nH]c(=O)c3n2)cc1)C(=O)O)C(=O)N[C@@H](CC(=O)O)C(=O)N[C@@H](CC(=O)O)C(=O)N[C@@H](CSSC[C@H](NC(=O)CC[C@H](NC(=O)c1ccc(NCc2cnc3nc(N)[nH]c(=N)c3n2)cc1)C(=O)O)C(=O)O)C(=O)O. The standard InChI is InChI=1S/C62H74N24O23S2/c63-46-44-47(84-61(66)83-46)71-21-29(73-44)19-69-27-7-3-25(4-8-27)50(96)79-33(57(104)105)12-14-40(88)76-37(58(106)107)23-110-111-24-38(59(108)109)82-54(100)36(18-43(93)94)81-53(99)35(17-42(91)92)80-51(97)31(2-1-15-68-60(64)65)77-52(98)34(16-41(89)90)75-39(87)13-11-32(56(102)103)78-49(95)26-5-9-28(10-6-26)70-20-30-22-72-48-45(74-30)55(101)86-62(67)85-48/h3-10,21-22,31-38,69-70H,1-2,11-20,23-24H2,(H,75,87)(H,76,88)(H,77,98)(H,78,95)(H,79,96)(H,80,97)(H,81,99)(H,82,100)(H,89,90)(H,91,92)(H,93,94)(H,102,103)(H,104,105)(H,106,107)(H,108,109)(H4,64,65,68)(H4,63,66,71,83,84)(H3,67,72,85,86,101)/t31-,32-,33-,34-,35-,36-,37-,38-/m0/s1. The third-order valence-corrected chi connectivity index (χ3v) is 17.7. The van der Waals surface area contributed by atoms with Crippen molar-refractivity contribution in [3.05, 3.63) is 99.3 Å². The number of carboxylic acids is 7. The van der Waals surface area contributed by atoms with Gasteiger partial charge < -0.3 is 116 Å². The second-order valence-electron chi connectivity index (χ2n) is 23.7. The van der Waals surface area contributed by atoms with E-state index in [1.165, 1.54) is 60.9 Å². The van der Waals surface area contributed by atoms with Crippen LogP contribution in [0.3, 0.4) is 0 Å². The lowest BCUT2D eigenvalue weighted by Crippen LogP contribution is -2.59. The average Bonchev–Trinajstić information content (AvgIpc) is 0.815. The molecular formula is C62H74N24O23S2. The predicted octanol–water partition coefficient (Wildman–Crippen LogP) is -4.98. The Hall–Kier alpha value is -13.9. The van der Waals surface area contributed by atoms with Crippen LogP contribution in [0.25, 0.3) is 22.3 Å². The Labute approximate surface area is 630 Å². The lowest BCUT2D eigenvalue weighted by molar-refractivity contribution is -0.144. The van der Waals surface area contributed by atoms with Gasteiger partial charge in [0.1, 0.15) is 48.3 Å². The number of carboxylic acid groups (broad SMARTS) is 7. The van der Waals surface area contributed by atoms with Gasteiger partial charge in [-0.3, -0.25) is 73.3 Å². The van der Waals surface area contributed by atoms with Crippen LogP contribution in [-0.2, 0) is 75.4 Å². The van der Waals surface area contributed by atoms with Crippen LogP contribution >= 0.6 is 21.6 Å². The molecule has 6 rings (SSSR count). The Morgan fingerprint density at radius 1 is 0.459 bits per heavy atom. The number of aromatic nitrogens is 8.